The number of hydrogen-bond donors (Lipinski definition) is 2. The summed E-state index contributed by atoms with van der Waals surface area (Å²) in [5.41, 5.74) is 7.68. The van der Waals surface area contributed by atoms with E-state index in [1.54, 1.807) is 0 Å². The summed E-state index contributed by atoms with van der Waals surface area (Å²) in [5.74, 6) is 0.418. The molecule has 0 radical (unpaired) electrons. The van der Waals surface area contributed by atoms with Gasteiger partial charge in [-0.05, 0) is 34.8 Å². The van der Waals surface area contributed by atoms with Crippen LogP contribution in [0.25, 0.3) is 0 Å². The van der Waals surface area contributed by atoms with Crippen LogP contribution in [0.4, 0.5) is 0 Å². The Kier molecular flexibility index (Phi) is 5.21. The molecule has 2 aromatic rings. The minimum absolute atomic E-state index is 0.0761. The number of benzene rings is 1. The monoisotopic (exact) mass is 372 g/mol. The molecule has 0 aliphatic carbocycles. The highest BCUT2D eigenvalue weighted by Crippen LogP contribution is 2.25. The molecule has 7 heteroatoms. The summed E-state index contributed by atoms with van der Waals surface area (Å²) in [4.78, 5) is 0.0761. The van der Waals surface area contributed by atoms with Crippen LogP contribution in [0.3, 0.4) is 0 Å². The molecule has 0 spiro atoms. The zero-order valence-corrected chi connectivity index (χ0v) is 14.0. The lowest BCUT2D eigenvalue weighted by molar-refractivity contribution is 0.483. The third kappa shape index (κ3) is 4.16. The van der Waals surface area contributed by atoms with E-state index in [0.29, 0.717) is 18.7 Å². The summed E-state index contributed by atoms with van der Waals surface area (Å²) in [7, 11) is -3.61. The standard InChI is InChI=1S/C14H17BrN2O3S/c1-10-3-2-4-11(7-10)5-6-17-21(18,19)13-8-12(9-16)20-14(13)15/h2-4,7-8,17H,5-6,9,16H2,1H3. The number of furan rings is 1. The molecule has 0 saturated carbocycles. The molecule has 0 amide bonds. The molecule has 0 aliphatic rings. The van der Waals surface area contributed by atoms with Crippen molar-refractivity contribution in [1.82, 2.24) is 4.72 Å². The van der Waals surface area contributed by atoms with Gasteiger partial charge in [0.1, 0.15) is 10.7 Å². The Morgan fingerprint density at radius 3 is 2.71 bits per heavy atom. The Morgan fingerprint density at radius 2 is 2.10 bits per heavy atom. The van der Waals surface area contributed by atoms with E-state index < -0.39 is 10.0 Å². The number of sulfonamides is 1. The molecular formula is C14H17BrN2O3S. The van der Waals surface area contributed by atoms with Crippen LogP contribution in [0.1, 0.15) is 16.9 Å². The molecule has 0 aliphatic heterocycles. The van der Waals surface area contributed by atoms with Crippen molar-refractivity contribution in [2.24, 2.45) is 5.73 Å². The zero-order chi connectivity index (χ0) is 15.5. The van der Waals surface area contributed by atoms with Crippen LogP contribution >= 0.6 is 15.9 Å². The molecule has 0 unspecified atom stereocenters. The van der Waals surface area contributed by atoms with Gasteiger partial charge in [-0.2, -0.15) is 0 Å². The fraction of sp³-hybridized carbons (Fsp3) is 0.286. The van der Waals surface area contributed by atoms with Crippen LogP contribution in [0, 0.1) is 6.92 Å². The molecule has 0 saturated heterocycles. The van der Waals surface area contributed by atoms with Crippen molar-refractivity contribution in [2.75, 3.05) is 6.54 Å². The van der Waals surface area contributed by atoms with Gasteiger partial charge in [-0.15, -0.1) is 0 Å². The average molecular weight is 373 g/mol. The van der Waals surface area contributed by atoms with Crippen LogP contribution < -0.4 is 10.5 Å². The molecule has 0 fully saturated rings. The van der Waals surface area contributed by atoms with Gasteiger partial charge in [-0.1, -0.05) is 29.8 Å². The fourth-order valence-electron chi connectivity index (χ4n) is 1.96. The van der Waals surface area contributed by atoms with Crippen molar-refractivity contribution < 1.29 is 12.8 Å². The molecular weight excluding hydrogens is 356 g/mol. The normalized spacial score (nSPS) is 11.8. The summed E-state index contributed by atoms with van der Waals surface area (Å²) < 4.78 is 32.3. The van der Waals surface area contributed by atoms with Gasteiger partial charge in [-0.25, -0.2) is 13.1 Å². The maximum atomic E-state index is 12.2. The highest BCUT2D eigenvalue weighted by Gasteiger charge is 2.21. The molecule has 3 N–H and O–H groups in total. The van der Waals surface area contributed by atoms with Gasteiger partial charge in [-0.3, -0.25) is 0 Å². The Labute approximate surface area is 132 Å². The second kappa shape index (κ2) is 6.74. The maximum Gasteiger partial charge on any atom is 0.244 e. The van der Waals surface area contributed by atoms with Crippen molar-refractivity contribution in [3.63, 3.8) is 0 Å². The largest absolute Gasteiger partial charge is 0.452 e. The number of aryl methyl sites for hydroxylation is 1. The Bertz CT molecular complexity index is 726. The Balaban J connectivity index is 2.03. The van der Waals surface area contributed by atoms with Gasteiger partial charge in [0, 0.05) is 12.6 Å². The number of hydrogen-bond acceptors (Lipinski definition) is 4. The Hall–Kier alpha value is -1.15. The predicted octanol–water partition coefficient (Wildman–Crippen LogP) is 2.33. The number of rotatable bonds is 6. The average Bonchev–Trinajstić information content (AvgIpc) is 2.81. The van der Waals surface area contributed by atoms with Crippen molar-refractivity contribution in [1.29, 1.82) is 0 Å². The van der Waals surface area contributed by atoms with E-state index in [1.807, 2.05) is 31.2 Å². The molecule has 1 aromatic heterocycles. The zero-order valence-electron chi connectivity index (χ0n) is 11.6. The highest BCUT2D eigenvalue weighted by molar-refractivity contribution is 9.10. The van der Waals surface area contributed by atoms with E-state index in [0.717, 1.165) is 11.1 Å². The van der Waals surface area contributed by atoms with Crippen molar-refractivity contribution in [3.8, 4) is 0 Å². The lowest BCUT2D eigenvalue weighted by Gasteiger charge is -2.06. The maximum absolute atomic E-state index is 12.2. The molecule has 1 aromatic carbocycles. The Morgan fingerprint density at radius 1 is 1.33 bits per heavy atom. The third-order valence-electron chi connectivity index (χ3n) is 2.99. The molecule has 1 heterocycles. The van der Waals surface area contributed by atoms with Crippen LogP contribution in [0.5, 0.6) is 0 Å². The van der Waals surface area contributed by atoms with Crippen molar-refractivity contribution in [3.05, 3.63) is 51.9 Å². The van der Waals surface area contributed by atoms with Crippen LogP contribution in [-0.2, 0) is 23.0 Å². The smallest absolute Gasteiger partial charge is 0.244 e. The van der Waals surface area contributed by atoms with Gasteiger partial charge in [0.2, 0.25) is 10.0 Å². The number of halogens is 1. The SMILES string of the molecule is Cc1cccc(CCNS(=O)(=O)c2cc(CN)oc2Br)c1. The topological polar surface area (TPSA) is 85.3 Å². The van der Waals surface area contributed by atoms with Crippen LogP contribution in [0.15, 0.2) is 44.3 Å². The van der Waals surface area contributed by atoms with Crippen LogP contribution in [0.2, 0.25) is 0 Å². The highest BCUT2D eigenvalue weighted by atomic mass is 79.9. The lowest BCUT2D eigenvalue weighted by Crippen LogP contribution is -2.26. The first-order valence-corrected chi connectivity index (χ1v) is 8.73. The summed E-state index contributed by atoms with van der Waals surface area (Å²) in [6, 6.07) is 9.40. The first-order chi connectivity index (χ1) is 9.92. The molecule has 2 rings (SSSR count). The van der Waals surface area contributed by atoms with Crippen molar-refractivity contribution in [2.45, 2.75) is 24.8 Å². The summed E-state index contributed by atoms with van der Waals surface area (Å²) in [6.45, 7) is 2.48. The second-order valence-electron chi connectivity index (χ2n) is 4.69. The first kappa shape index (κ1) is 16.2. The van der Waals surface area contributed by atoms with Gasteiger partial charge >= 0.3 is 0 Å². The lowest BCUT2D eigenvalue weighted by atomic mass is 10.1. The molecule has 114 valence electrons. The second-order valence-corrected chi connectivity index (χ2v) is 7.15. The summed E-state index contributed by atoms with van der Waals surface area (Å²) >= 11 is 3.10. The number of nitrogens with two attached hydrogens (primary N) is 1. The minimum atomic E-state index is -3.61. The van der Waals surface area contributed by atoms with Gasteiger partial charge in [0.25, 0.3) is 0 Å². The molecule has 5 nitrogen and oxygen atoms in total. The quantitative estimate of drug-likeness (QED) is 0.814. The van der Waals surface area contributed by atoms with Crippen molar-refractivity contribution >= 4 is 26.0 Å². The van der Waals surface area contributed by atoms with E-state index in [-0.39, 0.29) is 16.1 Å². The minimum Gasteiger partial charge on any atom is -0.452 e. The third-order valence-corrected chi connectivity index (χ3v) is 5.30. The van der Waals surface area contributed by atoms with E-state index in [2.05, 4.69) is 20.7 Å². The van der Waals surface area contributed by atoms with Gasteiger partial charge in [0.15, 0.2) is 4.67 Å². The van der Waals surface area contributed by atoms with Gasteiger partial charge in [0.05, 0.1) is 6.54 Å². The number of nitrogens with one attached hydrogen (secondary N) is 1. The van der Waals surface area contributed by atoms with E-state index in [4.69, 9.17) is 10.2 Å². The van der Waals surface area contributed by atoms with Gasteiger partial charge < -0.3 is 10.2 Å². The predicted molar refractivity (Wildman–Crippen MR) is 84.4 cm³/mol. The van der Waals surface area contributed by atoms with E-state index in [1.165, 1.54) is 6.07 Å². The molecule has 0 bridgehead atoms. The molecule has 21 heavy (non-hydrogen) atoms. The van der Waals surface area contributed by atoms with Crippen LogP contribution in [-0.4, -0.2) is 15.0 Å². The van der Waals surface area contributed by atoms with E-state index >= 15 is 0 Å². The molecule has 0 atom stereocenters. The van der Waals surface area contributed by atoms with E-state index in [9.17, 15) is 8.42 Å². The first-order valence-electron chi connectivity index (χ1n) is 6.46. The summed E-state index contributed by atoms with van der Waals surface area (Å²) in [5, 5.41) is 0. The fourth-order valence-corrected chi connectivity index (χ4v) is 3.98. The summed E-state index contributed by atoms with van der Waals surface area (Å²) in [6.07, 6.45) is 0.625.